The van der Waals surface area contributed by atoms with Gasteiger partial charge in [0.25, 0.3) is 5.91 Å². The summed E-state index contributed by atoms with van der Waals surface area (Å²) < 4.78 is 0. The van der Waals surface area contributed by atoms with Gasteiger partial charge in [-0.15, -0.1) is 12.4 Å². The van der Waals surface area contributed by atoms with Crippen molar-refractivity contribution in [3.63, 3.8) is 0 Å². The Morgan fingerprint density at radius 3 is 2.84 bits per heavy atom. The highest BCUT2D eigenvalue weighted by molar-refractivity contribution is 6.31. The summed E-state index contributed by atoms with van der Waals surface area (Å²) in [5, 5.41) is 7.09. The lowest BCUT2D eigenvalue weighted by molar-refractivity contribution is 0.0915. The number of rotatable bonds is 2. The van der Waals surface area contributed by atoms with E-state index in [1.54, 1.807) is 12.1 Å². The van der Waals surface area contributed by atoms with Crippen LogP contribution in [0.5, 0.6) is 0 Å². The Morgan fingerprint density at radius 2 is 2.21 bits per heavy atom. The van der Waals surface area contributed by atoms with Crippen LogP contribution in [0.4, 0.5) is 0 Å². The van der Waals surface area contributed by atoms with E-state index in [2.05, 4.69) is 17.6 Å². The minimum Gasteiger partial charge on any atom is -0.348 e. The second-order valence-corrected chi connectivity index (χ2v) is 5.42. The first-order chi connectivity index (χ1) is 8.58. The fraction of sp³-hybridized carbons (Fsp3) is 0.500. The standard InChI is InChI=1S/C14H19ClN2O.ClH/c1-9-5-6-16-8-13(9)17-14(18)11-3-4-12(15)10(2)7-11;/h3-4,7,9,13,16H,5-6,8H2,1-2H3,(H,17,18);1H. The second-order valence-electron chi connectivity index (χ2n) is 5.01. The van der Waals surface area contributed by atoms with Gasteiger partial charge in [0.05, 0.1) is 0 Å². The zero-order chi connectivity index (χ0) is 13.1. The molecule has 0 aliphatic carbocycles. The van der Waals surface area contributed by atoms with Gasteiger partial charge in [-0.25, -0.2) is 0 Å². The largest absolute Gasteiger partial charge is 0.348 e. The predicted molar refractivity (Wildman–Crippen MR) is 81.3 cm³/mol. The van der Waals surface area contributed by atoms with E-state index in [0.29, 0.717) is 16.5 Å². The molecule has 19 heavy (non-hydrogen) atoms. The monoisotopic (exact) mass is 302 g/mol. The lowest BCUT2D eigenvalue weighted by atomic mass is 9.94. The van der Waals surface area contributed by atoms with E-state index in [9.17, 15) is 4.79 Å². The minimum absolute atomic E-state index is 0. The molecule has 1 fully saturated rings. The molecule has 1 saturated heterocycles. The number of benzene rings is 1. The smallest absolute Gasteiger partial charge is 0.251 e. The number of amides is 1. The van der Waals surface area contributed by atoms with Crippen LogP contribution in [0.3, 0.4) is 0 Å². The number of aryl methyl sites for hydroxylation is 1. The Morgan fingerprint density at radius 1 is 1.47 bits per heavy atom. The molecule has 5 heteroatoms. The van der Waals surface area contributed by atoms with Gasteiger partial charge in [-0.3, -0.25) is 4.79 Å². The van der Waals surface area contributed by atoms with Crippen LogP contribution < -0.4 is 10.6 Å². The summed E-state index contributed by atoms with van der Waals surface area (Å²) in [6, 6.07) is 5.58. The second kappa shape index (κ2) is 7.13. The van der Waals surface area contributed by atoms with Crippen molar-refractivity contribution >= 4 is 29.9 Å². The zero-order valence-electron chi connectivity index (χ0n) is 11.2. The van der Waals surface area contributed by atoms with Crippen molar-refractivity contribution < 1.29 is 4.79 Å². The number of carbonyl (C=O) groups excluding carboxylic acids is 1. The van der Waals surface area contributed by atoms with E-state index in [0.717, 1.165) is 25.1 Å². The average molecular weight is 303 g/mol. The summed E-state index contributed by atoms with van der Waals surface area (Å²) in [6.07, 6.45) is 1.10. The molecule has 2 atom stereocenters. The maximum atomic E-state index is 12.1. The van der Waals surface area contributed by atoms with Crippen LogP contribution in [-0.4, -0.2) is 25.0 Å². The number of carbonyl (C=O) groups is 1. The van der Waals surface area contributed by atoms with Crippen LogP contribution >= 0.6 is 24.0 Å². The quantitative estimate of drug-likeness (QED) is 0.882. The Balaban J connectivity index is 0.00000180. The molecular formula is C14H20Cl2N2O. The zero-order valence-corrected chi connectivity index (χ0v) is 12.8. The molecule has 3 nitrogen and oxygen atoms in total. The number of piperidine rings is 1. The van der Waals surface area contributed by atoms with Crippen molar-refractivity contribution in [2.24, 2.45) is 5.92 Å². The fourth-order valence-electron chi connectivity index (χ4n) is 2.22. The summed E-state index contributed by atoms with van der Waals surface area (Å²) in [5.41, 5.74) is 1.61. The van der Waals surface area contributed by atoms with E-state index < -0.39 is 0 Å². The van der Waals surface area contributed by atoms with Gasteiger partial charge in [-0.1, -0.05) is 18.5 Å². The third-order valence-electron chi connectivity index (χ3n) is 3.56. The maximum Gasteiger partial charge on any atom is 0.251 e. The van der Waals surface area contributed by atoms with Crippen molar-refractivity contribution in [1.82, 2.24) is 10.6 Å². The SMILES string of the molecule is Cc1cc(C(=O)NC2CNCCC2C)ccc1Cl.Cl. The van der Waals surface area contributed by atoms with E-state index in [1.165, 1.54) is 0 Å². The first-order valence-corrected chi connectivity index (χ1v) is 6.73. The molecule has 0 aromatic heterocycles. The Bertz CT molecular complexity index is 451. The highest BCUT2D eigenvalue weighted by Gasteiger charge is 2.23. The maximum absolute atomic E-state index is 12.1. The number of nitrogens with one attached hydrogen (secondary N) is 2. The molecule has 0 saturated carbocycles. The third-order valence-corrected chi connectivity index (χ3v) is 3.99. The predicted octanol–water partition coefficient (Wildman–Crippen LogP) is 2.80. The first-order valence-electron chi connectivity index (χ1n) is 6.35. The molecule has 2 rings (SSSR count). The Kier molecular flexibility index (Phi) is 6.11. The molecular weight excluding hydrogens is 283 g/mol. The van der Waals surface area contributed by atoms with Gasteiger partial charge in [-0.2, -0.15) is 0 Å². The van der Waals surface area contributed by atoms with Crippen molar-refractivity contribution in [3.05, 3.63) is 34.3 Å². The molecule has 2 N–H and O–H groups in total. The number of hydrogen-bond acceptors (Lipinski definition) is 2. The van der Waals surface area contributed by atoms with Crippen molar-refractivity contribution in [3.8, 4) is 0 Å². The normalized spacial score (nSPS) is 22.5. The van der Waals surface area contributed by atoms with Gasteiger partial charge in [-0.05, 0) is 49.6 Å². The molecule has 1 aliphatic rings. The van der Waals surface area contributed by atoms with Gasteiger partial charge in [0.1, 0.15) is 0 Å². The lowest BCUT2D eigenvalue weighted by Crippen LogP contribution is -2.50. The Hall–Kier alpha value is -0.770. The molecule has 106 valence electrons. The lowest BCUT2D eigenvalue weighted by Gasteiger charge is -2.30. The summed E-state index contributed by atoms with van der Waals surface area (Å²) >= 11 is 5.96. The molecule has 0 spiro atoms. The highest BCUT2D eigenvalue weighted by atomic mass is 35.5. The van der Waals surface area contributed by atoms with E-state index in [1.807, 2.05) is 13.0 Å². The molecule has 0 bridgehead atoms. The fourth-order valence-corrected chi connectivity index (χ4v) is 2.34. The molecule has 1 heterocycles. The van der Waals surface area contributed by atoms with Crippen LogP contribution in [0.2, 0.25) is 5.02 Å². The highest BCUT2D eigenvalue weighted by Crippen LogP contribution is 2.17. The van der Waals surface area contributed by atoms with Gasteiger partial charge in [0, 0.05) is 23.2 Å². The molecule has 1 amide bonds. The van der Waals surface area contributed by atoms with Crippen LogP contribution in [-0.2, 0) is 0 Å². The third kappa shape index (κ3) is 4.10. The van der Waals surface area contributed by atoms with Crippen molar-refractivity contribution in [2.45, 2.75) is 26.3 Å². The molecule has 1 aromatic rings. The Labute approximate surface area is 125 Å². The van der Waals surface area contributed by atoms with Gasteiger partial charge < -0.3 is 10.6 Å². The van der Waals surface area contributed by atoms with E-state index in [-0.39, 0.29) is 24.4 Å². The van der Waals surface area contributed by atoms with Crippen molar-refractivity contribution in [2.75, 3.05) is 13.1 Å². The molecule has 2 unspecified atom stereocenters. The summed E-state index contributed by atoms with van der Waals surface area (Å²) in [4.78, 5) is 12.1. The summed E-state index contributed by atoms with van der Waals surface area (Å²) in [7, 11) is 0. The van der Waals surface area contributed by atoms with Gasteiger partial charge >= 0.3 is 0 Å². The number of halogens is 2. The van der Waals surface area contributed by atoms with Crippen LogP contribution in [0.15, 0.2) is 18.2 Å². The van der Waals surface area contributed by atoms with Crippen LogP contribution in [0, 0.1) is 12.8 Å². The van der Waals surface area contributed by atoms with Crippen LogP contribution in [0.1, 0.15) is 29.3 Å². The molecule has 1 aliphatic heterocycles. The first kappa shape index (κ1) is 16.3. The van der Waals surface area contributed by atoms with Crippen molar-refractivity contribution in [1.29, 1.82) is 0 Å². The summed E-state index contributed by atoms with van der Waals surface area (Å²) in [5.74, 6) is 0.499. The summed E-state index contributed by atoms with van der Waals surface area (Å²) in [6.45, 7) is 5.97. The number of hydrogen-bond donors (Lipinski definition) is 2. The van der Waals surface area contributed by atoms with Gasteiger partial charge in [0.15, 0.2) is 0 Å². The van der Waals surface area contributed by atoms with Crippen LogP contribution in [0.25, 0.3) is 0 Å². The molecule has 0 radical (unpaired) electrons. The topological polar surface area (TPSA) is 41.1 Å². The minimum atomic E-state index is -0.0182. The van der Waals surface area contributed by atoms with E-state index >= 15 is 0 Å². The van der Waals surface area contributed by atoms with Gasteiger partial charge in [0.2, 0.25) is 0 Å². The molecule has 1 aromatic carbocycles. The average Bonchev–Trinajstić information content (AvgIpc) is 2.35. The van der Waals surface area contributed by atoms with E-state index in [4.69, 9.17) is 11.6 Å².